The van der Waals surface area contributed by atoms with Crippen LogP contribution in [-0.2, 0) is 4.79 Å². The number of piperidine rings is 1. The van der Waals surface area contributed by atoms with Gasteiger partial charge >= 0.3 is 0 Å². The molecule has 2 aromatic carbocycles. The number of amides is 1. The van der Waals surface area contributed by atoms with Crippen LogP contribution in [-0.4, -0.2) is 59.0 Å². The van der Waals surface area contributed by atoms with Crippen LogP contribution in [0.1, 0.15) is 18.4 Å². The molecule has 0 aliphatic carbocycles. The molecule has 3 aliphatic rings. The lowest BCUT2D eigenvalue weighted by atomic mass is 9.92. The van der Waals surface area contributed by atoms with Crippen LogP contribution in [0.2, 0.25) is 0 Å². The molecule has 33 heavy (non-hydrogen) atoms. The first-order chi connectivity index (χ1) is 16.1. The van der Waals surface area contributed by atoms with Gasteiger partial charge in [-0.1, -0.05) is 24.8 Å². The highest BCUT2D eigenvalue weighted by Crippen LogP contribution is 2.32. The molecule has 5 rings (SSSR count). The van der Waals surface area contributed by atoms with Gasteiger partial charge in [0, 0.05) is 13.1 Å². The quantitative estimate of drug-likeness (QED) is 0.720. The second kappa shape index (κ2) is 8.99. The van der Waals surface area contributed by atoms with Crippen LogP contribution in [0, 0.1) is 5.92 Å². The summed E-state index contributed by atoms with van der Waals surface area (Å²) in [7, 11) is 0. The fraction of sp³-hybridized carbons (Fsp3) is 0.280. The minimum Gasteiger partial charge on any atom is -0.457 e. The average molecular weight is 443 g/mol. The average Bonchev–Trinajstić information content (AvgIpc) is 3.26. The van der Waals surface area contributed by atoms with E-state index in [0.717, 1.165) is 41.5 Å². The third kappa shape index (κ3) is 4.17. The topological polar surface area (TPSA) is 95.9 Å². The first-order valence-corrected chi connectivity index (χ1v) is 11.1. The number of hydrazone groups is 1. The molecule has 0 spiro atoms. The number of para-hydroxylation sites is 1. The summed E-state index contributed by atoms with van der Waals surface area (Å²) < 4.78 is 5.92. The summed E-state index contributed by atoms with van der Waals surface area (Å²) in [5, 5.41) is 6.97. The van der Waals surface area contributed by atoms with Gasteiger partial charge in [-0.15, -0.1) is 0 Å². The Bertz CT molecular complexity index is 1120. The van der Waals surface area contributed by atoms with E-state index in [4.69, 9.17) is 15.6 Å². The number of hydrogen-bond acceptors (Lipinski definition) is 7. The number of amidine groups is 1. The Morgan fingerprint density at radius 1 is 1.06 bits per heavy atom. The van der Waals surface area contributed by atoms with E-state index in [-0.39, 0.29) is 17.9 Å². The molecule has 168 valence electrons. The SMILES string of the molecule is C=CC(=O)N1CCC(N2N=C(c3ccc(Oc4ccccc4)cc3)C3C2=NC=NC3N)CC1. The molecule has 0 bridgehead atoms. The number of hydrogen-bond donors (Lipinski definition) is 1. The standard InChI is InChI=1S/C25H26N6O2/c1-2-21(32)30-14-12-18(13-15-30)31-25-22(24(26)27-16-28-25)23(29-31)17-8-10-20(11-9-17)33-19-6-4-3-5-7-19/h2-11,16,18,22,24H,1,12-15,26H2. The third-order valence-corrected chi connectivity index (χ3v) is 6.22. The van der Waals surface area contributed by atoms with E-state index in [1.54, 1.807) is 0 Å². The Balaban J connectivity index is 1.37. The minimum atomic E-state index is -0.441. The largest absolute Gasteiger partial charge is 0.457 e. The van der Waals surface area contributed by atoms with Crippen LogP contribution in [0.4, 0.5) is 0 Å². The predicted octanol–water partition coefficient (Wildman–Crippen LogP) is 3.02. The maximum absolute atomic E-state index is 11.9. The van der Waals surface area contributed by atoms with Crippen LogP contribution in [0.5, 0.6) is 11.5 Å². The van der Waals surface area contributed by atoms with E-state index < -0.39 is 6.17 Å². The van der Waals surface area contributed by atoms with Gasteiger partial charge in [0.15, 0.2) is 0 Å². The van der Waals surface area contributed by atoms with E-state index in [0.29, 0.717) is 13.1 Å². The van der Waals surface area contributed by atoms with Gasteiger partial charge < -0.3 is 15.4 Å². The highest BCUT2D eigenvalue weighted by atomic mass is 16.5. The molecule has 1 amide bonds. The van der Waals surface area contributed by atoms with Crippen LogP contribution in [0.25, 0.3) is 0 Å². The number of likely N-dealkylation sites (tertiary alicyclic amines) is 1. The number of fused-ring (bicyclic) bond motifs is 1. The highest BCUT2D eigenvalue weighted by molar-refractivity contribution is 6.19. The van der Waals surface area contributed by atoms with Crippen molar-refractivity contribution in [3.05, 3.63) is 72.8 Å². The highest BCUT2D eigenvalue weighted by Gasteiger charge is 2.43. The Morgan fingerprint density at radius 3 is 2.45 bits per heavy atom. The van der Waals surface area contributed by atoms with Gasteiger partial charge in [0.2, 0.25) is 5.91 Å². The van der Waals surface area contributed by atoms with Gasteiger partial charge in [0.1, 0.15) is 29.8 Å². The number of rotatable bonds is 5. The molecule has 2 N–H and O–H groups in total. The molecule has 3 aliphatic heterocycles. The summed E-state index contributed by atoms with van der Waals surface area (Å²) in [4.78, 5) is 22.6. The maximum Gasteiger partial charge on any atom is 0.245 e. The number of carbonyl (C=O) groups excluding carboxylic acids is 1. The van der Waals surface area contributed by atoms with Gasteiger partial charge in [-0.2, -0.15) is 5.10 Å². The molecule has 1 saturated heterocycles. The van der Waals surface area contributed by atoms with Crippen molar-refractivity contribution < 1.29 is 9.53 Å². The molecule has 0 aromatic heterocycles. The van der Waals surface area contributed by atoms with E-state index in [9.17, 15) is 4.79 Å². The summed E-state index contributed by atoms with van der Waals surface area (Å²) >= 11 is 0. The van der Waals surface area contributed by atoms with E-state index in [1.807, 2.05) is 64.5 Å². The number of ether oxygens (including phenoxy) is 1. The normalized spacial score (nSPS) is 22.5. The second-order valence-electron chi connectivity index (χ2n) is 8.25. The Hall–Kier alpha value is -3.78. The molecule has 1 fully saturated rings. The van der Waals surface area contributed by atoms with Crippen molar-refractivity contribution in [1.82, 2.24) is 9.91 Å². The van der Waals surface area contributed by atoms with Crippen molar-refractivity contribution in [2.24, 2.45) is 26.7 Å². The lowest BCUT2D eigenvalue weighted by Crippen LogP contribution is -2.48. The zero-order chi connectivity index (χ0) is 22.8. The van der Waals surface area contributed by atoms with Crippen LogP contribution in [0.3, 0.4) is 0 Å². The van der Waals surface area contributed by atoms with Crippen LogP contribution < -0.4 is 10.5 Å². The molecule has 2 atom stereocenters. The van der Waals surface area contributed by atoms with Crippen molar-refractivity contribution in [2.75, 3.05) is 13.1 Å². The van der Waals surface area contributed by atoms with Crippen LogP contribution in [0.15, 0.2) is 82.3 Å². The summed E-state index contributed by atoms with van der Waals surface area (Å²) in [6.45, 7) is 4.92. The number of nitrogens with two attached hydrogens (primary N) is 1. The third-order valence-electron chi connectivity index (χ3n) is 6.22. The number of carbonyl (C=O) groups is 1. The van der Waals surface area contributed by atoms with Crippen LogP contribution >= 0.6 is 0 Å². The summed E-state index contributed by atoms with van der Waals surface area (Å²) in [5.41, 5.74) is 8.19. The zero-order valence-corrected chi connectivity index (χ0v) is 18.2. The Morgan fingerprint density at radius 2 is 1.76 bits per heavy atom. The summed E-state index contributed by atoms with van der Waals surface area (Å²) in [6.07, 6.45) is 4.06. The summed E-state index contributed by atoms with van der Waals surface area (Å²) in [6, 6.07) is 17.7. The fourth-order valence-corrected chi connectivity index (χ4v) is 4.49. The smallest absolute Gasteiger partial charge is 0.245 e. The van der Waals surface area contributed by atoms with Crippen molar-refractivity contribution in [1.29, 1.82) is 0 Å². The molecule has 8 heteroatoms. The van der Waals surface area contributed by atoms with E-state index in [1.165, 1.54) is 12.4 Å². The molecular weight excluding hydrogens is 416 g/mol. The van der Waals surface area contributed by atoms with Gasteiger partial charge in [0.05, 0.1) is 17.7 Å². The molecule has 2 unspecified atom stereocenters. The molecule has 3 heterocycles. The Labute approximate surface area is 192 Å². The van der Waals surface area contributed by atoms with Crippen molar-refractivity contribution in [3.8, 4) is 11.5 Å². The molecule has 2 aromatic rings. The number of nitrogens with zero attached hydrogens (tertiary/aromatic N) is 5. The lowest BCUT2D eigenvalue weighted by molar-refractivity contribution is -0.127. The van der Waals surface area contributed by atoms with Gasteiger partial charge in [-0.3, -0.25) is 9.79 Å². The first kappa shape index (κ1) is 21.1. The predicted molar refractivity (Wildman–Crippen MR) is 129 cm³/mol. The molecular formula is C25H26N6O2. The molecule has 0 saturated carbocycles. The van der Waals surface area contributed by atoms with Gasteiger partial charge in [-0.05, 0) is 60.9 Å². The fourth-order valence-electron chi connectivity index (χ4n) is 4.49. The van der Waals surface area contributed by atoms with Crippen molar-refractivity contribution in [2.45, 2.75) is 25.0 Å². The Kier molecular flexibility index (Phi) is 5.75. The number of benzene rings is 2. The van der Waals surface area contributed by atoms with E-state index in [2.05, 4.69) is 16.6 Å². The summed E-state index contributed by atoms with van der Waals surface area (Å²) in [5.74, 6) is 2.13. The van der Waals surface area contributed by atoms with Gasteiger partial charge in [-0.25, -0.2) is 10.0 Å². The molecule has 8 nitrogen and oxygen atoms in total. The van der Waals surface area contributed by atoms with Crippen molar-refractivity contribution >= 4 is 23.8 Å². The van der Waals surface area contributed by atoms with Crippen molar-refractivity contribution in [3.63, 3.8) is 0 Å². The maximum atomic E-state index is 11.9. The molecule has 0 radical (unpaired) electrons. The lowest BCUT2D eigenvalue weighted by Gasteiger charge is -2.36. The number of aliphatic imine (C=N–C) groups is 2. The first-order valence-electron chi connectivity index (χ1n) is 11.1. The van der Waals surface area contributed by atoms with E-state index >= 15 is 0 Å². The monoisotopic (exact) mass is 442 g/mol. The van der Waals surface area contributed by atoms with Gasteiger partial charge in [0.25, 0.3) is 0 Å². The minimum absolute atomic E-state index is 0.0288. The second-order valence-corrected chi connectivity index (χ2v) is 8.25. The zero-order valence-electron chi connectivity index (χ0n) is 18.2.